The highest BCUT2D eigenvalue weighted by Gasteiger charge is 2.30. The van der Waals surface area contributed by atoms with E-state index in [-0.39, 0.29) is 0 Å². The fourth-order valence-corrected chi connectivity index (χ4v) is 4.85. The maximum absolute atomic E-state index is 2.76. The molecule has 2 fully saturated rings. The van der Waals surface area contributed by atoms with E-state index in [1.165, 1.54) is 62.7 Å². The van der Waals surface area contributed by atoms with Crippen LogP contribution in [0, 0.1) is 0 Å². The molecule has 0 radical (unpaired) electrons. The Morgan fingerprint density at radius 3 is 1.69 bits per heavy atom. The zero-order valence-electron chi connectivity index (χ0n) is 15.9. The van der Waals surface area contributed by atoms with Crippen molar-refractivity contribution >= 4 is 0 Å². The van der Waals surface area contributed by atoms with E-state index in [2.05, 4.69) is 70.5 Å². The van der Waals surface area contributed by atoms with Gasteiger partial charge in [-0.25, -0.2) is 0 Å². The minimum Gasteiger partial charge on any atom is -0.300 e. The Morgan fingerprint density at radius 2 is 1.19 bits per heavy atom. The van der Waals surface area contributed by atoms with E-state index < -0.39 is 0 Å². The van der Waals surface area contributed by atoms with Crippen molar-refractivity contribution in [1.29, 1.82) is 0 Å². The first-order valence-corrected chi connectivity index (χ1v) is 10.4. The van der Waals surface area contributed by atoms with E-state index in [0.29, 0.717) is 6.04 Å². The smallest absolute Gasteiger partial charge is 0.0240 e. The third-order valence-electron chi connectivity index (χ3n) is 6.30. The van der Waals surface area contributed by atoms with Gasteiger partial charge in [-0.15, -0.1) is 0 Å². The van der Waals surface area contributed by atoms with E-state index >= 15 is 0 Å². The highest BCUT2D eigenvalue weighted by atomic mass is 15.2. The molecule has 0 atom stereocenters. The molecular weight excluding hydrogens is 316 g/mol. The number of likely N-dealkylation sites (tertiary alicyclic amines) is 1. The van der Waals surface area contributed by atoms with Gasteiger partial charge in [0, 0.05) is 25.2 Å². The number of hydrogen-bond donors (Lipinski definition) is 0. The highest BCUT2D eigenvalue weighted by Crippen LogP contribution is 2.30. The summed E-state index contributed by atoms with van der Waals surface area (Å²) in [7, 11) is 0. The Morgan fingerprint density at radius 1 is 0.692 bits per heavy atom. The molecule has 0 unspecified atom stereocenters. The Bertz CT molecular complexity index is 599. The number of nitrogens with zero attached hydrogens (tertiary/aromatic N) is 2. The Kier molecular flexibility index (Phi) is 6.03. The quantitative estimate of drug-likeness (QED) is 0.717. The summed E-state index contributed by atoms with van der Waals surface area (Å²) in [5, 5.41) is 0. The van der Waals surface area contributed by atoms with Crippen LogP contribution in [-0.4, -0.2) is 35.0 Å². The molecule has 4 rings (SSSR count). The third-order valence-corrected chi connectivity index (χ3v) is 6.30. The SMILES string of the molecule is c1ccc(CN(Cc2ccccc2)C2CCC(N3CCCC3)CC2)cc1. The summed E-state index contributed by atoms with van der Waals surface area (Å²) < 4.78 is 0. The average Bonchev–Trinajstić information content (AvgIpc) is 3.24. The molecule has 26 heavy (non-hydrogen) atoms. The standard InChI is InChI=1S/C24H32N2/c1-3-9-21(10-4-1)19-26(20-22-11-5-2-6-12-22)24-15-13-23(14-16-24)25-17-7-8-18-25/h1-6,9-12,23-24H,7-8,13-20H2. The molecule has 1 saturated carbocycles. The van der Waals surface area contributed by atoms with Gasteiger partial charge in [0.05, 0.1) is 0 Å². The van der Waals surface area contributed by atoms with Gasteiger partial charge in [-0.3, -0.25) is 4.90 Å². The first-order chi connectivity index (χ1) is 12.9. The van der Waals surface area contributed by atoms with Gasteiger partial charge in [-0.2, -0.15) is 0 Å². The number of benzene rings is 2. The maximum Gasteiger partial charge on any atom is 0.0240 e. The second kappa shape index (κ2) is 8.83. The summed E-state index contributed by atoms with van der Waals surface area (Å²) in [6, 6.07) is 23.6. The van der Waals surface area contributed by atoms with Crippen molar-refractivity contribution in [3.05, 3.63) is 71.8 Å². The molecule has 2 aliphatic rings. The molecule has 138 valence electrons. The lowest BCUT2D eigenvalue weighted by Crippen LogP contribution is -2.42. The highest BCUT2D eigenvalue weighted by molar-refractivity contribution is 5.17. The zero-order chi connectivity index (χ0) is 17.6. The van der Waals surface area contributed by atoms with Crippen LogP contribution in [0.2, 0.25) is 0 Å². The van der Waals surface area contributed by atoms with Gasteiger partial charge in [-0.1, -0.05) is 60.7 Å². The minimum absolute atomic E-state index is 0.717. The van der Waals surface area contributed by atoms with Gasteiger partial charge in [0.25, 0.3) is 0 Å². The first-order valence-electron chi connectivity index (χ1n) is 10.4. The van der Waals surface area contributed by atoms with Crippen LogP contribution in [-0.2, 0) is 13.1 Å². The minimum atomic E-state index is 0.717. The topological polar surface area (TPSA) is 6.48 Å². The van der Waals surface area contributed by atoms with Gasteiger partial charge in [-0.05, 0) is 62.7 Å². The van der Waals surface area contributed by atoms with E-state index in [4.69, 9.17) is 0 Å². The normalized spacial score (nSPS) is 24.2. The second-order valence-electron chi connectivity index (χ2n) is 8.08. The van der Waals surface area contributed by atoms with Gasteiger partial charge in [0.1, 0.15) is 0 Å². The molecule has 0 bridgehead atoms. The Labute approximate surface area is 158 Å². The van der Waals surface area contributed by atoms with E-state index in [0.717, 1.165) is 19.1 Å². The summed E-state index contributed by atoms with van der Waals surface area (Å²) in [6.45, 7) is 4.81. The van der Waals surface area contributed by atoms with Gasteiger partial charge in [0.2, 0.25) is 0 Å². The molecule has 0 aromatic heterocycles. The fourth-order valence-electron chi connectivity index (χ4n) is 4.85. The zero-order valence-corrected chi connectivity index (χ0v) is 15.9. The van der Waals surface area contributed by atoms with E-state index in [1.807, 2.05) is 0 Å². The number of rotatable bonds is 6. The van der Waals surface area contributed by atoms with Crippen LogP contribution in [0.5, 0.6) is 0 Å². The summed E-state index contributed by atoms with van der Waals surface area (Å²) in [5.41, 5.74) is 2.87. The molecule has 1 heterocycles. The monoisotopic (exact) mass is 348 g/mol. The molecule has 1 saturated heterocycles. The van der Waals surface area contributed by atoms with Gasteiger partial charge in [0.15, 0.2) is 0 Å². The van der Waals surface area contributed by atoms with Crippen LogP contribution in [0.3, 0.4) is 0 Å². The van der Waals surface area contributed by atoms with Crippen LogP contribution in [0.25, 0.3) is 0 Å². The van der Waals surface area contributed by atoms with Crippen LogP contribution in [0.1, 0.15) is 49.7 Å². The first kappa shape index (κ1) is 17.8. The third kappa shape index (κ3) is 4.55. The molecule has 0 amide bonds. The van der Waals surface area contributed by atoms with Gasteiger partial charge >= 0.3 is 0 Å². The van der Waals surface area contributed by atoms with E-state index in [1.54, 1.807) is 0 Å². The molecule has 2 aromatic carbocycles. The van der Waals surface area contributed by atoms with Crippen molar-refractivity contribution < 1.29 is 0 Å². The van der Waals surface area contributed by atoms with E-state index in [9.17, 15) is 0 Å². The summed E-state index contributed by atoms with van der Waals surface area (Å²) in [4.78, 5) is 5.49. The molecule has 2 nitrogen and oxygen atoms in total. The summed E-state index contributed by atoms with van der Waals surface area (Å²) in [5.74, 6) is 0. The maximum atomic E-state index is 2.76. The lowest BCUT2D eigenvalue weighted by Gasteiger charge is -2.40. The van der Waals surface area contributed by atoms with Crippen molar-refractivity contribution in [2.45, 2.75) is 63.7 Å². The lowest BCUT2D eigenvalue weighted by atomic mass is 9.88. The molecule has 1 aliphatic heterocycles. The van der Waals surface area contributed by atoms with Crippen LogP contribution < -0.4 is 0 Å². The molecular formula is C24H32N2. The Balaban J connectivity index is 1.42. The molecule has 2 aromatic rings. The summed E-state index contributed by atoms with van der Waals surface area (Å²) in [6.07, 6.45) is 8.28. The molecule has 0 N–H and O–H groups in total. The molecule has 0 spiro atoms. The number of hydrogen-bond acceptors (Lipinski definition) is 2. The average molecular weight is 349 g/mol. The summed E-state index contributed by atoms with van der Waals surface area (Å²) >= 11 is 0. The van der Waals surface area contributed by atoms with Crippen LogP contribution in [0.4, 0.5) is 0 Å². The Hall–Kier alpha value is -1.64. The molecule has 1 aliphatic carbocycles. The lowest BCUT2D eigenvalue weighted by molar-refractivity contribution is 0.0965. The van der Waals surface area contributed by atoms with Crippen LogP contribution in [0.15, 0.2) is 60.7 Å². The van der Waals surface area contributed by atoms with Crippen molar-refractivity contribution in [2.24, 2.45) is 0 Å². The predicted molar refractivity (Wildman–Crippen MR) is 109 cm³/mol. The van der Waals surface area contributed by atoms with Crippen molar-refractivity contribution in [1.82, 2.24) is 9.80 Å². The van der Waals surface area contributed by atoms with Crippen molar-refractivity contribution in [3.63, 3.8) is 0 Å². The largest absolute Gasteiger partial charge is 0.300 e. The van der Waals surface area contributed by atoms with Crippen molar-refractivity contribution in [2.75, 3.05) is 13.1 Å². The van der Waals surface area contributed by atoms with Gasteiger partial charge < -0.3 is 4.90 Å². The van der Waals surface area contributed by atoms with Crippen molar-refractivity contribution in [3.8, 4) is 0 Å². The molecule has 2 heteroatoms. The predicted octanol–water partition coefficient (Wildman–Crippen LogP) is 5.10. The van der Waals surface area contributed by atoms with Crippen LogP contribution >= 0.6 is 0 Å². The fraction of sp³-hybridized carbons (Fsp3) is 0.500. The second-order valence-corrected chi connectivity index (χ2v) is 8.08.